The number of aromatic nitrogens is 4. The molecule has 1 aliphatic carbocycles. The molecule has 0 spiro atoms. The lowest BCUT2D eigenvalue weighted by Gasteiger charge is -2.37. The highest BCUT2D eigenvalue weighted by Gasteiger charge is 2.47. The number of nitrogens with zero attached hydrogens (tertiary/aromatic N) is 5. The number of carbonyl (C=O) groups excluding carboxylic acids is 2. The van der Waals surface area contributed by atoms with E-state index in [1.54, 1.807) is 16.0 Å². The van der Waals surface area contributed by atoms with Gasteiger partial charge in [0.2, 0.25) is 11.8 Å². The molecule has 9 nitrogen and oxygen atoms in total. The topological polar surface area (TPSA) is 113 Å². The van der Waals surface area contributed by atoms with Gasteiger partial charge in [0.15, 0.2) is 0 Å². The van der Waals surface area contributed by atoms with E-state index in [0.29, 0.717) is 12.5 Å². The molecule has 2 aliphatic rings. The highest BCUT2D eigenvalue weighted by atomic mass is 32.1. The first-order valence-electron chi connectivity index (χ1n) is 14.4. The van der Waals surface area contributed by atoms with Crippen molar-refractivity contribution in [3.05, 3.63) is 88.8 Å². The van der Waals surface area contributed by atoms with Gasteiger partial charge >= 0.3 is 0 Å². The minimum absolute atomic E-state index is 0.0887. The van der Waals surface area contributed by atoms with Gasteiger partial charge in [-0.25, -0.2) is 9.67 Å². The predicted molar refractivity (Wildman–Crippen MR) is 161 cm³/mol. The molecule has 1 aliphatic heterocycles. The number of likely N-dealkylation sites (tertiary alicyclic amines) is 1. The molecule has 2 aromatic heterocycles. The van der Waals surface area contributed by atoms with Gasteiger partial charge in [0, 0.05) is 37.0 Å². The molecular weight excluding hydrogens is 548 g/mol. The number of nitrogens with one attached hydrogen (secondary N) is 1. The molecule has 6 rings (SSSR count). The fourth-order valence-electron chi connectivity index (χ4n) is 5.88. The van der Waals surface area contributed by atoms with Gasteiger partial charge in [-0.1, -0.05) is 73.7 Å². The molecule has 2 aromatic carbocycles. The summed E-state index contributed by atoms with van der Waals surface area (Å²) in [5, 5.41) is 22.4. The highest BCUT2D eigenvalue weighted by molar-refractivity contribution is 7.13. The Balaban J connectivity index is 1.21. The number of carbonyl (C=O) groups is 2. The van der Waals surface area contributed by atoms with E-state index < -0.39 is 23.6 Å². The lowest BCUT2D eigenvalue weighted by atomic mass is 9.77. The van der Waals surface area contributed by atoms with E-state index in [-0.39, 0.29) is 24.8 Å². The van der Waals surface area contributed by atoms with Crippen LogP contribution in [0.4, 0.5) is 0 Å². The van der Waals surface area contributed by atoms with Crippen LogP contribution in [0.3, 0.4) is 0 Å². The SMILES string of the molecule is Cc1ncsc1-c1ccc(CNC(=O)C2CC(O)CN2C(=O)C(n2cc(C3CC3)nn2)C(C)(C)c2ccccc2)cc1. The Labute approximate surface area is 249 Å². The first kappa shape index (κ1) is 28.2. The second-order valence-corrected chi connectivity index (χ2v) is 12.8. The Bertz CT molecular complexity index is 1560. The average Bonchev–Trinajstić information content (AvgIpc) is 3.36. The lowest BCUT2D eigenvalue weighted by molar-refractivity contribution is -0.143. The number of aryl methyl sites for hydroxylation is 1. The molecule has 0 bridgehead atoms. The van der Waals surface area contributed by atoms with Crippen molar-refractivity contribution in [2.45, 2.75) is 76.1 Å². The van der Waals surface area contributed by atoms with Crippen molar-refractivity contribution in [2.75, 3.05) is 6.54 Å². The van der Waals surface area contributed by atoms with E-state index in [4.69, 9.17) is 0 Å². The molecular formula is C32H36N6O3S. The van der Waals surface area contributed by atoms with Crippen molar-refractivity contribution in [1.29, 1.82) is 0 Å². The molecule has 2 N–H and O–H groups in total. The molecule has 2 fully saturated rings. The number of rotatable bonds is 9. The molecule has 1 saturated heterocycles. The first-order valence-corrected chi connectivity index (χ1v) is 15.3. The predicted octanol–water partition coefficient (Wildman–Crippen LogP) is 4.38. The van der Waals surface area contributed by atoms with E-state index in [1.807, 2.05) is 87.1 Å². The molecule has 2 amide bonds. The quantitative estimate of drug-likeness (QED) is 0.302. The van der Waals surface area contributed by atoms with E-state index in [1.165, 1.54) is 4.90 Å². The summed E-state index contributed by atoms with van der Waals surface area (Å²) in [7, 11) is 0. The van der Waals surface area contributed by atoms with Crippen LogP contribution < -0.4 is 5.32 Å². The van der Waals surface area contributed by atoms with E-state index in [0.717, 1.165) is 45.8 Å². The smallest absolute Gasteiger partial charge is 0.249 e. The van der Waals surface area contributed by atoms with Gasteiger partial charge in [-0.2, -0.15) is 0 Å². The Kier molecular flexibility index (Phi) is 7.67. The standard InChI is InChI=1S/C32H36N6O3S/c1-20-28(42-19-34-20)23-11-9-21(10-12-23)16-33-30(40)27-15-25(39)17-37(27)31(41)29(32(2,3)24-7-5-4-6-8-24)38-18-26(35-36-38)22-13-14-22/h4-12,18-19,22,25,27,29,39H,13-17H2,1-3H3,(H,33,40). The summed E-state index contributed by atoms with van der Waals surface area (Å²) in [4.78, 5) is 34.9. The van der Waals surface area contributed by atoms with Gasteiger partial charge in [-0.3, -0.25) is 9.59 Å². The fourth-order valence-corrected chi connectivity index (χ4v) is 6.70. The molecule has 3 atom stereocenters. The largest absolute Gasteiger partial charge is 0.391 e. The van der Waals surface area contributed by atoms with Crippen LogP contribution in [0.2, 0.25) is 0 Å². The van der Waals surface area contributed by atoms with Crippen LogP contribution in [0.25, 0.3) is 10.4 Å². The van der Waals surface area contributed by atoms with Crippen LogP contribution in [0.15, 0.2) is 66.3 Å². The zero-order valence-electron chi connectivity index (χ0n) is 24.1. The maximum absolute atomic E-state index is 14.4. The van der Waals surface area contributed by atoms with Crippen LogP contribution in [0.5, 0.6) is 0 Å². The maximum Gasteiger partial charge on any atom is 0.249 e. The molecule has 3 heterocycles. The number of benzene rings is 2. The summed E-state index contributed by atoms with van der Waals surface area (Å²) in [5.74, 6) is -0.144. The summed E-state index contributed by atoms with van der Waals surface area (Å²) in [6.45, 7) is 6.43. The third-order valence-corrected chi connectivity index (χ3v) is 9.49. The lowest BCUT2D eigenvalue weighted by Crippen LogP contribution is -2.51. The molecule has 218 valence electrons. The third kappa shape index (κ3) is 5.61. The number of aliphatic hydroxyl groups is 1. The van der Waals surface area contributed by atoms with Crippen LogP contribution in [-0.2, 0) is 21.5 Å². The minimum Gasteiger partial charge on any atom is -0.391 e. The Morgan fingerprint density at radius 1 is 1.12 bits per heavy atom. The number of thiazole rings is 1. The van der Waals surface area contributed by atoms with Crippen molar-refractivity contribution in [3.63, 3.8) is 0 Å². The molecule has 3 unspecified atom stereocenters. The summed E-state index contributed by atoms with van der Waals surface area (Å²) in [6.07, 6.45) is 3.43. The van der Waals surface area contributed by atoms with Crippen molar-refractivity contribution >= 4 is 23.2 Å². The van der Waals surface area contributed by atoms with E-state index >= 15 is 0 Å². The molecule has 4 aromatic rings. The summed E-state index contributed by atoms with van der Waals surface area (Å²) in [6, 6.07) is 16.4. The van der Waals surface area contributed by atoms with E-state index in [2.05, 4.69) is 20.6 Å². The van der Waals surface area contributed by atoms with Gasteiger partial charge < -0.3 is 15.3 Å². The van der Waals surface area contributed by atoms with Gasteiger partial charge in [-0.05, 0) is 36.5 Å². The first-order chi connectivity index (χ1) is 20.2. The summed E-state index contributed by atoms with van der Waals surface area (Å²) in [5.41, 5.74) is 6.07. The minimum atomic E-state index is -0.787. The zero-order valence-corrected chi connectivity index (χ0v) is 24.9. The van der Waals surface area contributed by atoms with Crippen LogP contribution in [0.1, 0.15) is 67.6 Å². The van der Waals surface area contributed by atoms with Crippen molar-refractivity contribution in [1.82, 2.24) is 30.2 Å². The van der Waals surface area contributed by atoms with Crippen molar-refractivity contribution < 1.29 is 14.7 Å². The van der Waals surface area contributed by atoms with Crippen LogP contribution in [-0.4, -0.2) is 60.5 Å². The molecule has 0 radical (unpaired) electrons. The van der Waals surface area contributed by atoms with Crippen LogP contribution >= 0.6 is 11.3 Å². The molecule has 42 heavy (non-hydrogen) atoms. The normalized spacial score (nSPS) is 19.6. The second kappa shape index (κ2) is 11.4. The van der Waals surface area contributed by atoms with Crippen molar-refractivity contribution in [3.8, 4) is 10.4 Å². The number of hydrogen-bond acceptors (Lipinski definition) is 7. The van der Waals surface area contributed by atoms with Gasteiger partial charge in [-0.15, -0.1) is 16.4 Å². The maximum atomic E-state index is 14.4. The highest BCUT2D eigenvalue weighted by Crippen LogP contribution is 2.41. The average molecular weight is 585 g/mol. The monoisotopic (exact) mass is 584 g/mol. The third-order valence-electron chi connectivity index (χ3n) is 8.52. The number of β-amino-alcohol motifs (C(OH)–C–C–N with tert-alkyl or cyclic N) is 1. The summed E-state index contributed by atoms with van der Waals surface area (Å²) < 4.78 is 1.66. The van der Waals surface area contributed by atoms with Gasteiger partial charge in [0.25, 0.3) is 0 Å². The second-order valence-electron chi connectivity index (χ2n) is 12.0. The summed E-state index contributed by atoms with van der Waals surface area (Å²) >= 11 is 1.60. The fraction of sp³-hybridized carbons (Fsp3) is 0.406. The zero-order chi connectivity index (χ0) is 29.4. The number of amides is 2. The Morgan fingerprint density at radius 3 is 2.52 bits per heavy atom. The van der Waals surface area contributed by atoms with Gasteiger partial charge in [0.05, 0.1) is 27.9 Å². The number of hydrogen-bond donors (Lipinski definition) is 2. The van der Waals surface area contributed by atoms with Crippen molar-refractivity contribution in [2.24, 2.45) is 0 Å². The Hall–Kier alpha value is -3.89. The van der Waals surface area contributed by atoms with Crippen LogP contribution in [0, 0.1) is 6.92 Å². The molecule has 10 heteroatoms. The van der Waals surface area contributed by atoms with Gasteiger partial charge in [0.1, 0.15) is 12.1 Å². The number of aliphatic hydroxyl groups excluding tert-OH is 1. The van der Waals surface area contributed by atoms with E-state index in [9.17, 15) is 14.7 Å². The Morgan fingerprint density at radius 2 is 1.86 bits per heavy atom. The molecule has 1 saturated carbocycles.